The molecule has 2 aliphatic rings. The van der Waals surface area contributed by atoms with E-state index in [1.165, 1.54) is 80.1 Å². The Labute approximate surface area is 203 Å². The van der Waals surface area contributed by atoms with Crippen molar-refractivity contribution >= 4 is 0 Å². The van der Waals surface area contributed by atoms with Crippen molar-refractivity contribution in [1.29, 1.82) is 0 Å². The molecule has 0 bridgehead atoms. The molecule has 33 heavy (non-hydrogen) atoms. The Morgan fingerprint density at radius 2 is 1.61 bits per heavy atom. The van der Waals surface area contributed by atoms with Crippen LogP contribution in [-0.2, 0) is 10.8 Å². The van der Waals surface area contributed by atoms with Crippen molar-refractivity contribution in [2.45, 2.75) is 116 Å². The summed E-state index contributed by atoms with van der Waals surface area (Å²) in [6.07, 6.45) is 13.4. The summed E-state index contributed by atoms with van der Waals surface area (Å²) >= 11 is 0. The van der Waals surface area contributed by atoms with Gasteiger partial charge in [0.15, 0.2) is 0 Å². The fourth-order valence-corrected chi connectivity index (χ4v) is 6.47. The first-order chi connectivity index (χ1) is 15.7. The summed E-state index contributed by atoms with van der Waals surface area (Å²) in [6.45, 7) is 16.5. The normalized spacial score (nSPS) is 20.0. The predicted octanol–water partition coefficient (Wildman–Crippen LogP) is 10.1. The zero-order chi connectivity index (χ0) is 23.6. The Bertz CT molecular complexity index is 958. The van der Waals surface area contributed by atoms with Crippen LogP contribution in [0.3, 0.4) is 0 Å². The Hall–Kier alpha value is -1.82. The van der Waals surface area contributed by atoms with Gasteiger partial charge >= 0.3 is 0 Å². The molecule has 0 heteroatoms. The molecule has 1 atom stereocenters. The molecular weight excluding hydrogens is 396 g/mol. The molecule has 0 amide bonds. The van der Waals surface area contributed by atoms with Crippen molar-refractivity contribution in [2.75, 3.05) is 0 Å². The Balaban J connectivity index is 1.69. The SMILES string of the molecule is C=C(C[C@H](C)c1cc(-c2cccc(C(C)(C)C)c2)ccc1C1(C)CCCC1)C1CCCCC1. The highest BCUT2D eigenvalue weighted by Gasteiger charge is 2.33. The topological polar surface area (TPSA) is 0 Å². The van der Waals surface area contributed by atoms with E-state index in [-0.39, 0.29) is 5.41 Å². The van der Waals surface area contributed by atoms with E-state index in [2.05, 4.69) is 83.7 Å². The largest absolute Gasteiger partial charge is 0.0996 e. The molecule has 4 rings (SSSR count). The average molecular weight is 443 g/mol. The molecule has 0 radical (unpaired) electrons. The van der Waals surface area contributed by atoms with Crippen LogP contribution in [0.5, 0.6) is 0 Å². The maximum absolute atomic E-state index is 4.61. The summed E-state index contributed by atoms with van der Waals surface area (Å²) < 4.78 is 0. The molecular formula is C33H46. The first kappa shape index (κ1) is 24.3. The molecule has 0 nitrogen and oxygen atoms in total. The van der Waals surface area contributed by atoms with Gasteiger partial charge in [-0.05, 0) is 82.6 Å². The van der Waals surface area contributed by atoms with Crippen LogP contribution in [0.4, 0.5) is 0 Å². The van der Waals surface area contributed by atoms with E-state index in [0.29, 0.717) is 11.3 Å². The van der Waals surface area contributed by atoms with Gasteiger partial charge in [-0.1, -0.05) is 121 Å². The number of benzene rings is 2. The van der Waals surface area contributed by atoms with Gasteiger partial charge in [0.25, 0.3) is 0 Å². The third-order valence-corrected chi connectivity index (χ3v) is 8.75. The summed E-state index contributed by atoms with van der Waals surface area (Å²) in [5, 5.41) is 0. The average Bonchev–Trinajstić information content (AvgIpc) is 3.26. The van der Waals surface area contributed by atoms with Gasteiger partial charge < -0.3 is 0 Å². The molecule has 2 aliphatic carbocycles. The lowest BCUT2D eigenvalue weighted by Crippen LogP contribution is -2.20. The van der Waals surface area contributed by atoms with Crippen molar-refractivity contribution in [2.24, 2.45) is 5.92 Å². The Morgan fingerprint density at radius 1 is 0.939 bits per heavy atom. The highest BCUT2D eigenvalue weighted by atomic mass is 14.4. The Kier molecular flexibility index (Phi) is 7.23. The van der Waals surface area contributed by atoms with Crippen molar-refractivity contribution in [1.82, 2.24) is 0 Å². The van der Waals surface area contributed by atoms with E-state index in [1.807, 2.05) is 0 Å². The number of rotatable bonds is 6. The van der Waals surface area contributed by atoms with Crippen LogP contribution >= 0.6 is 0 Å². The van der Waals surface area contributed by atoms with Gasteiger partial charge in [0, 0.05) is 0 Å². The number of allylic oxidation sites excluding steroid dienone is 1. The van der Waals surface area contributed by atoms with Gasteiger partial charge in [0.1, 0.15) is 0 Å². The first-order valence-corrected chi connectivity index (χ1v) is 13.6. The second-order valence-electron chi connectivity index (χ2n) is 12.5. The van der Waals surface area contributed by atoms with Crippen LogP contribution < -0.4 is 0 Å². The van der Waals surface area contributed by atoms with Crippen LogP contribution in [0.25, 0.3) is 11.1 Å². The van der Waals surface area contributed by atoms with Crippen molar-refractivity contribution < 1.29 is 0 Å². The smallest absolute Gasteiger partial charge is 0.00724 e. The highest BCUT2D eigenvalue weighted by molar-refractivity contribution is 5.67. The standard InChI is InChI=1S/C33H46/c1-24(26-13-8-7-9-14-26)21-25(2)30-23-28(17-18-31(30)33(6)19-10-11-20-33)27-15-12-16-29(22-27)32(3,4)5/h12,15-18,22-23,25-26H,1,7-11,13-14,19-21H2,2-6H3/t25-/m0/s1. The van der Waals surface area contributed by atoms with Crippen LogP contribution in [0.2, 0.25) is 0 Å². The molecule has 0 saturated heterocycles. The van der Waals surface area contributed by atoms with Crippen molar-refractivity contribution in [3.8, 4) is 11.1 Å². The molecule has 0 N–H and O–H groups in total. The maximum Gasteiger partial charge on any atom is -0.00724 e. The molecule has 178 valence electrons. The molecule has 0 aromatic heterocycles. The van der Waals surface area contributed by atoms with Crippen molar-refractivity contribution in [3.05, 3.63) is 71.3 Å². The minimum Gasteiger partial charge on any atom is -0.0996 e. The molecule has 0 heterocycles. The van der Waals surface area contributed by atoms with Gasteiger partial charge in [-0.2, -0.15) is 0 Å². The molecule has 0 spiro atoms. The zero-order valence-corrected chi connectivity index (χ0v) is 22.0. The highest BCUT2D eigenvalue weighted by Crippen LogP contribution is 2.46. The van der Waals surface area contributed by atoms with Gasteiger partial charge in [-0.25, -0.2) is 0 Å². The van der Waals surface area contributed by atoms with Crippen LogP contribution in [-0.4, -0.2) is 0 Å². The van der Waals surface area contributed by atoms with Crippen LogP contribution in [0.1, 0.15) is 121 Å². The summed E-state index contributed by atoms with van der Waals surface area (Å²) in [5.74, 6) is 1.27. The molecule has 2 saturated carbocycles. The summed E-state index contributed by atoms with van der Waals surface area (Å²) in [6, 6.07) is 16.6. The van der Waals surface area contributed by atoms with E-state index in [4.69, 9.17) is 0 Å². The third-order valence-electron chi connectivity index (χ3n) is 8.75. The second-order valence-corrected chi connectivity index (χ2v) is 12.5. The van der Waals surface area contributed by atoms with E-state index in [9.17, 15) is 0 Å². The monoisotopic (exact) mass is 442 g/mol. The minimum absolute atomic E-state index is 0.168. The number of hydrogen-bond donors (Lipinski definition) is 0. The Morgan fingerprint density at radius 3 is 2.27 bits per heavy atom. The van der Waals surface area contributed by atoms with Crippen LogP contribution in [0.15, 0.2) is 54.6 Å². The molecule has 2 aromatic rings. The third kappa shape index (κ3) is 5.47. The fourth-order valence-electron chi connectivity index (χ4n) is 6.47. The van der Waals surface area contributed by atoms with Crippen LogP contribution in [0, 0.1) is 5.92 Å². The zero-order valence-electron chi connectivity index (χ0n) is 22.0. The van der Waals surface area contributed by atoms with E-state index in [1.54, 1.807) is 11.1 Å². The van der Waals surface area contributed by atoms with Gasteiger partial charge in [0.05, 0.1) is 0 Å². The van der Waals surface area contributed by atoms with E-state index in [0.717, 1.165) is 12.3 Å². The minimum atomic E-state index is 0.168. The van der Waals surface area contributed by atoms with Gasteiger partial charge in [0.2, 0.25) is 0 Å². The molecule has 0 aliphatic heterocycles. The lowest BCUT2D eigenvalue weighted by atomic mass is 9.73. The predicted molar refractivity (Wildman–Crippen MR) is 145 cm³/mol. The van der Waals surface area contributed by atoms with E-state index < -0.39 is 0 Å². The molecule has 2 fully saturated rings. The van der Waals surface area contributed by atoms with E-state index >= 15 is 0 Å². The summed E-state index contributed by atoms with van der Waals surface area (Å²) in [4.78, 5) is 0. The lowest BCUT2D eigenvalue weighted by Gasteiger charge is -2.31. The summed E-state index contributed by atoms with van der Waals surface area (Å²) in [7, 11) is 0. The fraction of sp³-hybridized carbons (Fsp3) is 0.576. The molecule has 0 unspecified atom stereocenters. The van der Waals surface area contributed by atoms with Gasteiger partial charge in [-0.3, -0.25) is 0 Å². The first-order valence-electron chi connectivity index (χ1n) is 13.6. The van der Waals surface area contributed by atoms with Crippen molar-refractivity contribution in [3.63, 3.8) is 0 Å². The summed E-state index contributed by atoms with van der Waals surface area (Å²) in [5.41, 5.74) is 9.33. The molecule has 2 aromatic carbocycles. The quantitative estimate of drug-likeness (QED) is 0.390. The number of hydrogen-bond acceptors (Lipinski definition) is 0. The second kappa shape index (κ2) is 9.81. The lowest BCUT2D eigenvalue weighted by molar-refractivity contribution is 0.391. The maximum atomic E-state index is 4.61. The van der Waals surface area contributed by atoms with Gasteiger partial charge in [-0.15, -0.1) is 0 Å².